The van der Waals surface area contributed by atoms with E-state index in [0.717, 1.165) is 19.4 Å². The number of rotatable bonds is 8. The van der Waals surface area contributed by atoms with Crippen molar-refractivity contribution < 1.29 is 4.52 Å². The van der Waals surface area contributed by atoms with Gasteiger partial charge in [-0.25, -0.2) is 0 Å². The molecule has 0 fully saturated rings. The fourth-order valence-corrected chi connectivity index (χ4v) is 2.02. The van der Waals surface area contributed by atoms with Gasteiger partial charge in [-0.15, -0.1) is 6.58 Å². The van der Waals surface area contributed by atoms with Crippen LogP contribution in [0.25, 0.3) is 0 Å². The predicted octanol–water partition coefficient (Wildman–Crippen LogP) is 3.67. The molecule has 2 heteroatoms. The maximum absolute atomic E-state index is 5.60. The van der Waals surface area contributed by atoms with Gasteiger partial charge in [-0.2, -0.15) is 0 Å². The van der Waals surface area contributed by atoms with Crippen molar-refractivity contribution in [3.05, 3.63) is 43.0 Å². The Kier molecular flexibility index (Phi) is 7.16. The molecular weight excluding hydrogens is 203 g/mol. The van der Waals surface area contributed by atoms with E-state index in [4.69, 9.17) is 4.52 Å². The fraction of sp³-hybridized carbons (Fsp3) is 0.385. The van der Waals surface area contributed by atoms with Gasteiger partial charge >= 0.3 is 0 Å². The molecule has 1 rings (SSSR count). The standard InChI is InChI=1S/C13H19OP/c1-2-3-4-5-9-12-14-15-13-10-7-6-8-11-13/h2,6-8,10-11,15H,1,3-5,9,12H2. The molecule has 0 bridgehead atoms. The second kappa shape index (κ2) is 8.64. The van der Waals surface area contributed by atoms with Crippen LogP contribution in [0.3, 0.4) is 0 Å². The molecule has 0 saturated heterocycles. The van der Waals surface area contributed by atoms with E-state index >= 15 is 0 Å². The molecule has 1 atom stereocenters. The molecule has 0 aliphatic heterocycles. The van der Waals surface area contributed by atoms with E-state index in [2.05, 4.69) is 30.8 Å². The molecule has 15 heavy (non-hydrogen) atoms. The Morgan fingerprint density at radius 2 is 1.93 bits per heavy atom. The van der Waals surface area contributed by atoms with Crippen LogP contribution in [0.2, 0.25) is 0 Å². The van der Waals surface area contributed by atoms with Gasteiger partial charge in [0.2, 0.25) is 0 Å². The molecule has 1 unspecified atom stereocenters. The van der Waals surface area contributed by atoms with E-state index < -0.39 is 0 Å². The summed E-state index contributed by atoms with van der Waals surface area (Å²) in [6.07, 6.45) is 6.74. The average Bonchev–Trinajstić information content (AvgIpc) is 2.29. The Balaban J connectivity index is 1.95. The highest BCUT2D eigenvalue weighted by Gasteiger charge is 1.92. The van der Waals surface area contributed by atoms with Crippen LogP contribution >= 0.6 is 8.81 Å². The monoisotopic (exact) mass is 222 g/mol. The number of allylic oxidation sites excluding steroid dienone is 1. The van der Waals surface area contributed by atoms with Crippen molar-refractivity contribution in [2.75, 3.05) is 6.61 Å². The molecule has 0 spiro atoms. The third-order valence-corrected chi connectivity index (χ3v) is 3.04. The number of hydrogen-bond donors (Lipinski definition) is 0. The Hall–Kier alpha value is -0.650. The normalized spacial score (nSPS) is 10.9. The zero-order valence-corrected chi connectivity index (χ0v) is 10.1. The molecule has 0 amide bonds. The number of hydrogen-bond acceptors (Lipinski definition) is 1. The molecule has 0 saturated carbocycles. The van der Waals surface area contributed by atoms with Gasteiger partial charge < -0.3 is 4.52 Å². The Morgan fingerprint density at radius 3 is 2.67 bits per heavy atom. The van der Waals surface area contributed by atoms with Crippen molar-refractivity contribution in [1.82, 2.24) is 0 Å². The third kappa shape index (κ3) is 6.43. The highest BCUT2D eigenvalue weighted by molar-refractivity contribution is 7.41. The van der Waals surface area contributed by atoms with Crippen molar-refractivity contribution in [2.24, 2.45) is 0 Å². The molecule has 0 N–H and O–H groups in total. The van der Waals surface area contributed by atoms with Crippen LogP contribution in [-0.2, 0) is 4.52 Å². The lowest BCUT2D eigenvalue weighted by atomic mass is 10.2. The first-order valence-electron chi connectivity index (χ1n) is 5.47. The topological polar surface area (TPSA) is 9.23 Å². The van der Waals surface area contributed by atoms with Crippen molar-refractivity contribution in [1.29, 1.82) is 0 Å². The lowest BCUT2D eigenvalue weighted by Crippen LogP contribution is -1.94. The fourth-order valence-electron chi connectivity index (χ4n) is 1.28. The van der Waals surface area contributed by atoms with Gasteiger partial charge in [0.25, 0.3) is 0 Å². The summed E-state index contributed by atoms with van der Waals surface area (Å²) in [5.74, 6) is 0. The van der Waals surface area contributed by atoms with Gasteiger partial charge in [0.15, 0.2) is 0 Å². The lowest BCUT2D eigenvalue weighted by Gasteiger charge is -2.03. The van der Waals surface area contributed by atoms with Crippen molar-refractivity contribution in [2.45, 2.75) is 25.7 Å². The van der Waals surface area contributed by atoms with Gasteiger partial charge in [0.1, 0.15) is 0 Å². The predicted molar refractivity (Wildman–Crippen MR) is 69.0 cm³/mol. The molecule has 0 radical (unpaired) electrons. The van der Waals surface area contributed by atoms with Gasteiger partial charge in [-0.3, -0.25) is 0 Å². The quantitative estimate of drug-likeness (QED) is 0.370. The summed E-state index contributed by atoms with van der Waals surface area (Å²) in [6, 6.07) is 10.3. The summed E-state index contributed by atoms with van der Waals surface area (Å²) >= 11 is 0. The Morgan fingerprint density at radius 1 is 1.13 bits per heavy atom. The Bertz CT molecular complexity index is 258. The smallest absolute Gasteiger partial charge is 0.0509 e. The zero-order valence-electron chi connectivity index (χ0n) is 9.11. The van der Waals surface area contributed by atoms with E-state index in [0.29, 0.717) is 8.81 Å². The van der Waals surface area contributed by atoms with Crippen LogP contribution in [0.1, 0.15) is 25.7 Å². The third-order valence-electron chi connectivity index (χ3n) is 2.12. The molecule has 82 valence electrons. The zero-order chi connectivity index (χ0) is 10.8. The lowest BCUT2D eigenvalue weighted by molar-refractivity contribution is 0.350. The maximum atomic E-state index is 5.60. The summed E-state index contributed by atoms with van der Waals surface area (Å²) in [4.78, 5) is 0. The van der Waals surface area contributed by atoms with E-state index in [1.165, 1.54) is 18.1 Å². The average molecular weight is 222 g/mol. The molecule has 0 heterocycles. The van der Waals surface area contributed by atoms with Crippen LogP contribution in [0.4, 0.5) is 0 Å². The van der Waals surface area contributed by atoms with Crippen molar-refractivity contribution >= 4 is 14.1 Å². The number of unbranched alkanes of at least 4 members (excludes halogenated alkanes) is 3. The number of benzene rings is 1. The van der Waals surface area contributed by atoms with E-state index in [-0.39, 0.29) is 0 Å². The molecule has 1 aromatic carbocycles. The highest BCUT2D eigenvalue weighted by Crippen LogP contribution is 2.12. The second-order valence-electron chi connectivity index (χ2n) is 3.45. The summed E-state index contributed by atoms with van der Waals surface area (Å²) < 4.78 is 5.60. The van der Waals surface area contributed by atoms with Gasteiger partial charge in [0.05, 0.1) is 6.61 Å². The summed E-state index contributed by atoms with van der Waals surface area (Å²) in [7, 11) is 0.497. The minimum atomic E-state index is 0.497. The van der Waals surface area contributed by atoms with E-state index in [1.807, 2.05) is 12.1 Å². The highest BCUT2D eigenvalue weighted by atomic mass is 31.1. The summed E-state index contributed by atoms with van der Waals surface area (Å²) in [5, 5.41) is 1.28. The second-order valence-corrected chi connectivity index (χ2v) is 4.52. The molecule has 1 nitrogen and oxygen atoms in total. The first-order chi connectivity index (χ1) is 7.43. The molecule has 0 aliphatic rings. The summed E-state index contributed by atoms with van der Waals surface area (Å²) in [5.41, 5.74) is 0. The van der Waals surface area contributed by atoms with Gasteiger partial charge in [-0.1, -0.05) is 42.8 Å². The van der Waals surface area contributed by atoms with Crippen molar-refractivity contribution in [3.63, 3.8) is 0 Å². The minimum absolute atomic E-state index is 0.497. The largest absolute Gasteiger partial charge is 0.358 e. The van der Waals surface area contributed by atoms with Crippen LogP contribution in [0.5, 0.6) is 0 Å². The summed E-state index contributed by atoms with van der Waals surface area (Å²) in [6.45, 7) is 4.58. The van der Waals surface area contributed by atoms with E-state index in [9.17, 15) is 0 Å². The first-order valence-corrected chi connectivity index (χ1v) is 6.38. The van der Waals surface area contributed by atoms with Crippen molar-refractivity contribution in [3.8, 4) is 0 Å². The van der Waals surface area contributed by atoms with Crippen LogP contribution in [-0.4, -0.2) is 6.61 Å². The Labute approximate surface area is 94.4 Å². The van der Waals surface area contributed by atoms with Gasteiger partial charge in [0, 0.05) is 8.81 Å². The molecule has 0 aliphatic carbocycles. The van der Waals surface area contributed by atoms with Crippen LogP contribution in [0.15, 0.2) is 43.0 Å². The first kappa shape index (κ1) is 12.4. The van der Waals surface area contributed by atoms with Gasteiger partial charge in [-0.05, 0) is 24.6 Å². The molecule has 1 aromatic rings. The minimum Gasteiger partial charge on any atom is -0.358 e. The molecular formula is C13H19OP. The van der Waals surface area contributed by atoms with Crippen LogP contribution < -0.4 is 5.30 Å². The maximum Gasteiger partial charge on any atom is 0.0509 e. The van der Waals surface area contributed by atoms with Crippen LogP contribution in [0, 0.1) is 0 Å². The van der Waals surface area contributed by atoms with E-state index in [1.54, 1.807) is 0 Å². The SMILES string of the molecule is C=CCCCCCOPc1ccccc1. The molecule has 0 aromatic heterocycles.